The van der Waals surface area contributed by atoms with Crippen molar-refractivity contribution >= 4 is 28.6 Å². The number of aromatic nitrogens is 5. The Bertz CT molecular complexity index is 1380. The molecule has 0 saturated heterocycles. The van der Waals surface area contributed by atoms with Gasteiger partial charge in [0.05, 0.1) is 22.3 Å². The third-order valence-corrected chi connectivity index (χ3v) is 7.00. The number of rotatable bonds is 7. The highest BCUT2D eigenvalue weighted by Crippen LogP contribution is 2.34. The molecule has 0 spiro atoms. The smallest absolute Gasteiger partial charge is 0.261 e. The van der Waals surface area contributed by atoms with Crippen LogP contribution in [0, 0.1) is 0 Å². The fourth-order valence-corrected chi connectivity index (χ4v) is 5.30. The molecule has 2 aromatic heterocycles. The fraction of sp³-hybridized carbons (Fsp3) is 0.320. The van der Waals surface area contributed by atoms with Crippen molar-refractivity contribution in [2.75, 3.05) is 0 Å². The minimum absolute atomic E-state index is 0.216. The molecule has 1 fully saturated rings. The van der Waals surface area contributed by atoms with E-state index in [9.17, 15) is 9.59 Å². The van der Waals surface area contributed by atoms with E-state index in [1.54, 1.807) is 18.2 Å². The van der Waals surface area contributed by atoms with Gasteiger partial charge in [-0.25, -0.2) is 14.6 Å². The lowest BCUT2D eigenvalue weighted by molar-refractivity contribution is -0.118. The number of benzene rings is 2. The second-order valence-electron chi connectivity index (χ2n) is 8.53. The number of thioether (sulfide) groups is 1. The summed E-state index contributed by atoms with van der Waals surface area (Å²) in [5.74, 6) is 1.59. The number of primary amides is 1. The first-order valence-electron chi connectivity index (χ1n) is 11.5. The zero-order valence-corrected chi connectivity index (χ0v) is 19.6. The minimum Gasteiger partial charge on any atom is -0.368 e. The monoisotopic (exact) mass is 474 g/mol. The molecule has 2 N–H and O–H groups in total. The van der Waals surface area contributed by atoms with Gasteiger partial charge in [-0.3, -0.25) is 14.2 Å². The van der Waals surface area contributed by atoms with Crippen LogP contribution in [0.3, 0.4) is 0 Å². The second-order valence-corrected chi connectivity index (χ2v) is 9.47. The van der Waals surface area contributed by atoms with Crippen molar-refractivity contribution in [3.63, 3.8) is 0 Å². The predicted molar refractivity (Wildman–Crippen MR) is 132 cm³/mol. The molecule has 174 valence electrons. The fourth-order valence-electron chi connectivity index (χ4n) is 4.52. The minimum atomic E-state index is -0.587. The van der Waals surface area contributed by atoms with Gasteiger partial charge in [-0.1, -0.05) is 61.4 Å². The molecule has 0 bridgehead atoms. The molecule has 0 unspecified atom stereocenters. The van der Waals surface area contributed by atoms with E-state index < -0.39 is 5.91 Å². The third-order valence-electron chi connectivity index (χ3n) is 6.17. The van der Waals surface area contributed by atoms with Crippen molar-refractivity contribution in [1.82, 2.24) is 24.3 Å². The third kappa shape index (κ3) is 4.61. The van der Waals surface area contributed by atoms with Crippen molar-refractivity contribution < 1.29 is 4.79 Å². The van der Waals surface area contributed by atoms with E-state index in [-0.39, 0.29) is 12.1 Å². The van der Waals surface area contributed by atoms with Crippen LogP contribution in [0.25, 0.3) is 16.6 Å². The Hall–Kier alpha value is -3.46. The first-order valence-corrected chi connectivity index (χ1v) is 12.5. The largest absolute Gasteiger partial charge is 0.368 e. The molecule has 1 aliphatic rings. The molecule has 0 radical (unpaired) electrons. The van der Waals surface area contributed by atoms with Crippen LogP contribution >= 0.6 is 11.8 Å². The van der Waals surface area contributed by atoms with E-state index in [1.165, 1.54) is 35.6 Å². The Labute approximate surface area is 201 Å². The Morgan fingerprint density at radius 3 is 2.50 bits per heavy atom. The van der Waals surface area contributed by atoms with E-state index in [1.807, 2.05) is 41.1 Å². The lowest BCUT2D eigenvalue weighted by Crippen LogP contribution is -2.31. The van der Waals surface area contributed by atoms with Gasteiger partial charge in [-0.05, 0) is 37.1 Å². The van der Waals surface area contributed by atoms with Crippen LogP contribution in [0.5, 0.6) is 0 Å². The molecule has 8 nitrogen and oxygen atoms in total. The summed E-state index contributed by atoms with van der Waals surface area (Å²) in [5, 5.41) is 5.89. The molecular formula is C25H26N6O2S. The van der Waals surface area contributed by atoms with Crippen LogP contribution in [-0.4, -0.2) is 30.2 Å². The van der Waals surface area contributed by atoms with Gasteiger partial charge < -0.3 is 5.73 Å². The van der Waals surface area contributed by atoms with Gasteiger partial charge in [0.1, 0.15) is 18.2 Å². The Kier molecular flexibility index (Phi) is 6.44. The summed E-state index contributed by atoms with van der Waals surface area (Å²) >= 11 is 1.41. The summed E-state index contributed by atoms with van der Waals surface area (Å²) in [6, 6.07) is 17.2. The van der Waals surface area contributed by atoms with Crippen molar-refractivity contribution in [2.45, 2.75) is 55.5 Å². The molecule has 5 rings (SSSR count). The molecule has 4 aromatic rings. The van der Waals surface area contributed by atoms with Crippen molar-refractivity contribution in [1.29, 1.82) is 0 Å². The predicted octanol–water partition coefficient (Wildman–Crippen LogP) is 3.80. The zero-order chi connectivity index (χ0) is 23.5. The Morgan fingerprint density at radius 2 is 1.74 bits per heavy atom. The maximum Gasteiger partial charge on any atom is 0.261 e. The van der Waals surface area contributed by atoms with Gasteiger partial charge in [0.15, 0.2) is 0 Å². The van der Waals surface area contributed by atoms with E-state index in [2.05, 4.69) is 4.98 Å². The van der Waals surface area contributed by atoms with Crippen LogP contribution in [0.1, 0.15) is 49.7 Å². The Balaban J connectivity index is 1.49. The number of carbonyl (C=O) groups excluding carboxylic acids is 1. The normalized spacial score (nSPS) is 14.5. The second kappa shape index (κ2) is 9.80. The van der Waals surface area contributed by atoms with Crippen LogP contribution in [0.2, 0.25) is 0 Å². The van der Waals surface area contributed by atoms with E-state index >= 15 is 0 Å². The number of nitrogens with two attached hydrogens (primary N) is 1. The first-order chi connectivity index (χ1) is 16.6. The molecule has 0 aliphatic heterocycles. The molecule has 9 heteroatoms. The van der Waals surface area contributed by atoms with Gasteiger partial charge in [0.2, 0.25) is 11.1 Å². The highest BCUT2D eigenvalue weighted by Gasteiger charge is 2.24. The van der Waals surface area contributed by atoms with Gasteiger partial charge in [0.25, 0.3) is 5.56 Å². The summed E-state index contributed by atoms with van der Waals surface area (Å²) in [7, 11) is 0. The number of carbonyl (C=O) groups is 1. The van der Waals surface area contributed by atoms with E-state index in [4.69, 9.17) is 15.8 Å². The molecule has 34 heavy (non-hydrogen) atoms. The Morgan fingerprint density at radius 1 is 1.00 bits per heavy atom. The van der Waals surface area contributed by atoms with Crippen LogP contribution < -0.4 is 11.3 Å². The lowest BCUT2D eigenvalue weighted by atomic mass is 9.88. The molecular weight excluding hydrogens is 448 g/mol. The molecule has 2 heterocycles. The summed E-state index contributed by atoms with van der Waals surface area (Å²) in [6.07, 6.45) is 5.90. The quantitative estimate of drug-likeness (QED) is 0.408. The van der Waals surface area contributed by atoms with Crippen LogP contribution in [0.15, 0.2) is 64.5 Å². The van der Waals surface area contributed by atoms with Crippen LogP contribution in [-0.2, 0) is 17.1 Å². The van der Waals surface area contributed by atoms with Crippen LogP contribution in [0.4, 0.5) is 0 Å². The summed E-state index contributed by atoms with van der Waals surface area (Å²) in [4.78, 5) is 34.2. The topological polar surface area (TPSA) is 109 Å². The number of para-hydroxylation sites is 2. The highest BCUT2D eigenvalue weighted by molar-refractivity contribution is 7.98. The average molecular weight is 475 g/mol. The SMILES string of the molecule is NC(=O)Cn1c(CSc2nc(C3CCCCC3)n(-c3ccccc3)n2)nc2ccccc2c1=O. The average Bonchev–Trinajstić information content (AvgIpc) is 3.30. The summed E-state index contributed by atoms with van der Waals surface area (Å²) < 4.78 is 3.30. The van der Waals surface area contributed by atoms with Crippen molar-refractivity contribution in [2.24, 2.45) is 5.73 Å². The zero-order valence-electron chi connectivity index (χ0n) is 18.8. The molecule has 1 saturated carbocycles. The summed E-state index contributed by atoms with van der Waals surface area (Å²) in [5.41, 5.74) is 6.73. The van der Waals surface area contributed by atoms with Gasteiger partial charge in [0, 0.05) is 5.92 Å². The molecule has 1 amide bonds. The summed E-state index contributed by atoms with van der Waals surface area (Å²) in [6.45, 7) is -0.216. The number of hydrogen-bond donors (Lipinski definition) is 1. The maximum atomic E-state index is 13.0. The van der Waals surface area contributed by atoms with Gasteiger partial charge in [-0.15, -0.1) is 5.10 Å². The number of fused-ring (bicyclic) bond motifs is 1. The van der Waals surface area contributed by atoms with E-state index in [0.29, 0.717) is 33.6 Å². The lowest BCUT2D eigenvalue weighted by Gasteiger charge is -2.21. The highest BCUT2D eigenvalue weighted by atomic mass is 32.2. The standard InChI is InChI=1S/C25H26N6O2S/c26-21(32)15-30-22(27-20-14-8-7-13-19(20)24(30)33)16-34-25-28-23(17-9-3-1-4-10-17)31(29-25)18-11-5-2-6-12-18/h2,5-8,11-14,17H,1,3-4,9-10,15-16H2,(H2,26,32). The van der Waals surface area contributed by atoms with Gasteiger partial charge in [-0.2, -0.15) is 0 Å². The van der Waals surface area contributed by atoms with E-state index in [0.717, 1.165) is 24.4 Å². The number of hydrogen-bond acceptors (Lipinski definition) is 6. The van der Waals surface area contributed by atoms with Crippen molar-refractivity contribution in [3.8, 4) is 5.69 Å². The molecule has 0 atom stereocenters. The maximum absolute atomic E-state index is 13.0. The molecule has 1 aliphatic carbocycles. The number of nitrogens with zero attached hydrogens (tertiary/aromatic N) is 5. The first kappa shape index (κ1) is 22.3. The number of amides is 1. The van der Waals surface area contributed by atoms with Crippen molar-refractivity contribution in [3.05, 3.63) is 76.6 Å². The molecule has 2 aromatic carbocycles. The van der Waals surface area contributed by atoms with Gasteiger partial charge >= 0.3 is 0 Å².